The zero-order valence-corrected chi connectivity index (χ0v) is 20.2. The largest absolute Gasteiger partial charge is 0.491 e. The number of nitrogens with one attached hydrogen (secondary N) is 1. The molecule has 1 heterocycles. The molecule has 3 rings (SSSR count). The van der Waals surface area contributed by atoms with Gasteiger partial charge in [-0.05, 0) is 81.5 Å². The van der Waals surface area contributed by atoms with E-state index in [1.54, 1.807) is 12.1 Å². The van der Waals surface area contributed by atoms with Crippen LogP contribution in [-0.2, 0) is 21.2 Å². The molecule has 6 nitrogen and oxygen atoms in total. The number of hydrogen-bond acceptors (Lipinski definition) is 4. The maximum absolute atomic E-state index is 12.9. The SMILES string of the molecule is CC(C)Oc1ccc(CCCNC(=O)[C@H]2CCCN(S(=O)(=O)c3ccc(Cl)cc3)C2)cc1. The smallest absolute Gasteiger partial charge is 0.243 e. The van der Waals surface area contributed by atoms with Crippen molar-refractivity contribution in [3.05, 3.63) is 59.1 Å². The molecule has 0 bridgehead atoms. The Labute approximate surface area is 196 Å². The van der Waals surface area contributed by atoms with E-state index in [0.717, 1.165) is 18.6 Å². The van der Waals surface area contributed by atoms with Gasteiger partial charge < -0.3 is 10.1 Å². The molecular weight excluding hydrogens is 448 g/mol. The number of rotatable bonds is 9. The van der Waals surface area contributed by atoms with Gasteiger partial charge in [0.05, 0.1) is 16.9 Å². The molecule has 0 aromatic heterocycles. The molecule has 32 heavy (non-hydrogen) atoms. The molecule has 2 aromatic rings. The van der Waals surface area contributed by atoms with Gasteiger partial charge in [-0.2, -0.15) is 4.31 Å². The summed E-state index contributed by atoms with van der Waals surface area (Å²) in [5, 5.41) is 3.46. The summed E-state index contributed by atoms with van der Waals surface area (Å²) in [6.07, 6.45) is 3.17. The summed E-state index contributed by atoms with van der Waals surface area (Å²) in [5.41, 5.74) is 1.19. The molecule has 1 fully saturated rings. The van der Waals surface area contributed by atoms with Crippen LogP contribution in [0.4, 0.5) is 0 Å². The fourth-order valence-electron chi connectivity index (χ4n) is 3.79. The summed E-state index contributed by atoms with van der Waals surface area (Å²) in [6, 6.07) is 14.1. The number of sulfonamides is 1. The second-order valence-corrected chi connectivity index (χ2v) is 10.7. The molecule has 1 aliphatic heterocycles. The summed E-state index contributed by atoms with van der Waals surface area (Å²) in [4.78, 5) is 12.8. The van der Waals surface area contributed by atoms with Gasteiger partial charge in [0.1, 0.15) is 5.75 Å². The molecular formula is C24H31ClN2O4S. The maximum Gasteiger partial charge on any atom is 0.243 e. The summed E-state index contributed by atoms with van der Waals surface area (Å²) in [6.45, 7) is 5.17. The number of ether oxygens (including phenoxy) is 1. The topological polar surface area (TPSA) is 75.7 Å². The number of piperidine rings is 1. The molecule has 0 radical (unpaired) electrons. The van der Waals surface area contributed by atoms with E-state index >= 15 is 0 Å². The van der Waals surface area contributed by atoms with Crippen LogP contribution in [0, 0.1) is 5.92 Å². The molecule has 0 aliphatic carbocycles. The summed E-state index contributed by atoms with van der Waals surface area (Å²) < 4.78 is 32.9. The van der Waals surface area contributed by atoms with Crippen LogP contribution in [0.2, 0.25) is 5.02 Å². The normalized spacial score (nSPS) is 17.3. The number of halogens is 1. The Morgan fingerprint density at radius 1 is 1.16 bits per heavy atom. The van der Waals surface area contributed by atoms with Gasteiger partial charge >= 0.3 is 0 Å². The summed E-state index contributed by atoms with van der Waals surface area (Å²) in [7, 11) is -3.63. The van der Waals surface area contributed by atoms with Crippen LogP contribution in [0.25, 0.3) is 0 Å². The van der Waals surface area contributed by atoms with Crippen molar-refractivity contribution in [2.45, 2.75) is 50.5 Å². The molecule has 1 aliphatic rings. The highest BCUT2D eigenvalue weighted by molar-refractivity contribution is 7.89. The van der Waals surface area contributed by atoms with Crippen molar-refractivity contribution in [3.8, 4) is 5.75 Å². The second kappa shape index (κ2) is 11.2. The number of amides is 1. The minimum Gasteiger partial charge on any atom is -0.491 e. The molecule has 1 saturated heterocycles. The third kappa shape index (κ3) is 6.70. The molecule has 0 spiro atoms. The highest BCUT2D eigenvalue weighted by Gasteiger charge is 2.33. The van der Waals surface area contributed by atoms with Gasteiger partial charge in [-0.3, -0.25) is 4.79 Å². The Kier molecular flexibility index (Phi) is 8.57. The van der Waals surface area contributed by atoms with E-state index in [1.807, 2.05) is 38.1 Å². The van der Waals surface area contributed by atoms with Crippen molar-refractivity contribution in [2.75, 3.05) is 19.6 Å². The fraction of sp³-hybridized carbons (Fsp3) is 0.458. The zero-order valence-electron chi connectivity index (χ0n) is 18.6. The first kappa shape index (κ1) is 24.6. The quantitative estimate of drug-likeness (QED) is 0.546. The lowest BCUT2D eigenvalue weighted by Crippen LogP contribution is -2.45. The zero-order chi connectivity index (χ0) is 23.1. The molecule has 8 heteroatoms. The van der Waals surface area contributed by atoms with E-state index < -0.39 is 10.0 Å². The lowest BCUT2D eigenvalue weighted by atomic mass is 9.99. The first-order valence-corrected chi connectivity index (χ1v) is 12.9. The van der Waals surface area contributed by atoms with Gasteiger partial charge in [-0.1, -0.05) is 23.7 Å². The number of nitrogens with zero attached hydrogens (tertiary/aromatic N) is 1. The number of aryl methyl sites for hydroxylation is 1. The highest BCUT2D eigenvalue weighted by Crippen LogP contribution is 2.25. The van der Waals surface area contributed by atoms with Crippen molar-refractivity contribution in [1.29, 1.82) is 0 Å². The molecule has 0 saturated carbocycles. The third-order valence-electron chi connectivity index (χ3n) is 5.44. The van der Waals surface area contributed by atoms with Crippen LogP contribution in [0.5, 0.6) is 5.75 Å². The van der Waals surface area contributed by atoms with Gasteiger partial charge in [0.15, 0.2) is 0 Å². The van der Waals surface area contributed by atoms with Gasteiger partial charge in [0, 0.05) is 24.7 Å². The van der Waals surface area contributed by atoms with E-state index in [-0.39, 0.29) is 29.4 Å². The number of hydrogen-bond donors (Lipinski definition) is 1. The van der Waals surface area contributed by atoms with Crippen molar-refractivity contribution in [3.63, 3.8) is 0 Å². The van der Waals surface area contributed by atoms with E-state index in [1.165, 1.54) is 22.0 Å². The van der Waals surface area contributed by atoms with Crippen LogP contribution in [-0.4, -0.2) is 44.4 Å². The molecule has 1 amide bonds. The Balaban J connectivity index is 1.46. The molecule has 1 atom stereocenters. The van der Waals surface area contributed by atoms with E-state index in [9.17, 15) is 13.2 Å². The molecule has 1 N–H and O–H groups in total. The summed E-state index contributed by atoms with van der Waals surface area (Å²) in [5.74, 6) is 0.437. The van der Waals surface area contributed by atoms with Crippen molar-refractivity contribution < 1.29 is 17.9 Å². The Hall–Kier alpha value is -2.09. The van der Waals surface area contributed by atoms with E-state index in [4.69, 9.17) is 16.3 Å². The number of carbonyl (C=O) groups excluding carboxylic acids is 1. The lowest BCUT2D eigenvalue weighted by Gasteiger charge is -2.31. The first-order valence-electron chi connectivity index (χ1n) is 11.0. The van der Waals surface area contributed by atoms with Crippen LogP contribution in [0.1, 0.15) is 38.7 Å². The standard InChI is InChI=1S/C24H31ClN2O4S/c1-18(2)31-22-11-7-19(8-12-22)5-3-15-26-24(28)20-6-4-16-27(17-20)32(29,30)23-13-9-21(25)10-14-23/h7-14,18,20H,3-6,15-17H2,1-2H3,(H,26,28)/t20-/m0/s1. The lowest BCUT2D eigenvalue weighted by molar-refractivity contribution is -0.126. The maximum atomic E-state index is 12.9. The van der Waals surface area contributed by atoms with Crippen molar-refractivity contribution in [1.82, 2.24) is 9.62 Å². The van der Waals surface area contributed by atoms with E-state index in [0.29, 0.717) is 31.0 Å². The average Bonchev–Trinajstić information content (AvgIpc) is 2.77. The number of benzene rings is 2. The molecule has 0 unspecified atom stereocenters. The Bertz CT molecular complexity index is 992. The van der Waals surface area contributed by atoms with Crippen molar-refractivity contribution >= 4 is 27.5 Å². The van der Waals surface area contributed by atoms with E-state index in [2.05, 4.69) is 5.32 Å². The fourth-order valence-corrected chi connectivity index (χ4v) is 5.44. The second-order valence-electron chi connectivity index (χ2n) is 8.36. The van der Waals surface area contributed by atoms with Gasteiger partial charge in [0.2, 0.25) is 15.9 Å². The molecule has 174 valence electrons. The van der Waals surface area contributed by atoms with Gasteiger partial charge in [-0.25, -0.2) is 8.42 Å². The predicted molar refractivity (Wildman–Crippen MR) is 126 cm³/mol. The van der Waals surface area contributed by atoms with Crippen LogP contribution in [0.3, 0.4) is 0 Å². The van der Waals surface area contributed by atoms with Crippen LogP contribution < -0.4 is 10.1 Å². The number of carbonyl (C=O) groups is 1. The minimum absolute atomic E-state index is 0.0818. The van der Waals surface area contributed by atoms with Crippen molar-refractivity contribution in [2.24, 2.45) is 5.92 Å². The van der Waals surface area contributed by atoms with Gasteiger partial charge in [0.25, 0.3) is 0 Å². The molecule has 2 aromatic carbocycles. The monoisotopic (exact) mass is 478 g/mol. The summed E-state index contributed by atoms with van der Waals surface area (Å²) >= 11 is 5.87. The van der Waals surface area contributed by atoms with Gasteiger partial charge in [-0.15, -0.1) is 0 Å². The average molecular weight is 479 g/mol. The highest BCUT2D eigenvalue weighted by atomic mass is 35.5. The predicted octanol–water partition coefficient (Wildman–Crippen LogP) is 4.28. The third-order valence-corrected chi connectivity index (χ3v) is 7.57. The Morgan fingerprint density at radius 2 is 1.84 bits per heavy atom. The van der Waals surface area contributed by atoms with Crippen LogP contribution in [0.15, 0.2) is 53.4 Å². The minimum atomic E-state index is -3.63. The first-order chi connectivity index (χ1) is 15.3. The van der Waals surface area contributed by atoms with Crippen LogP contribution >= 0.6 is 11.6 Å². The Morgan fingerprint density at radius 3 is 2.50 bits per heavy atom.